The van der Waals surface area contributed by atoms with Gasteiger partial charge < -0.3 is 10.2 Å². The highest BCUT2D eigenvalue weighted by atomic mass is 32.2. The predicted octanol–water partition coefficient (Wildman–Crippen LogP) is 4.25. The van der Waals surface area contributed by atoms with Crippen molar-refractivity contribution in [2.75, 3.05) is 17.1 Å². The Morgan fingerprint density at radius 1 is 0.944 bits per heavy atom. The molecule has 36 heavy (non-hydrogen) atoms. The lowest BCUT2D eigenvalue weighted by Gasteiger charge is -2.32. The van der Waals surface area contributed by atoms with E-state index in [4.69, 9.17) is 0 Å². The maximum Gasteiger partial charge on any atom is 0.244 e. The van der Waals surface area contributed by atoms with Gasteiger partial charge in [-0.25, -0.2) is 8.42 Å². The lowest BCUT2D eigenvalue weighted by molar-refractivity contribution is -0.139. The molecule has 3 aromatic carbocycles. The summed E-state index contributed by atoms with van der Waals surface area (Å²) < 4.78 is 26.9. The fourth-order valence-corrected chi connectivity index (χ4v) is 4.90. The Balaban J connectivity index is 2.00. The van der Waals surface area contributed by atoms with Crippen LogP contribution in [-0.4, -0.2) is 50.0 Å². The number of fused-ring (bicyclic) bond motifs is 1. The minimum atomic E-state index is -3.80. The summed E-state index contributed by atoms with van der Waals surface area (Å²) in [6.45, 7) is 7.27. The number of hydrogen-bond donors (Lipinski definition) is 1. The number of carbonyl (C=O) groups excluding carboxylic acids is 2. The number of nitrogens with zero attached hydrogens (tertiary/aromatic N) is 2. The third-order valence-corrected chi connectivity index (χ3v) is 7.61. The summed E-state index contributed by atoms with van der Waals surface area (Å²) in [5.74, 6) is -0.731. The first-order valence-corrected chi connectivity index (χ1v) is 14.0. The quantitative estimate of drug-likeness (QED) is 0.443. The molecule has 0 saturated carbocycles. The molecule has 0 radical (unpaired) electrons. The minimum Gasteiger partial charge on any atom is -0.352 e. The monoisotopic (exact) mass is 509 g/mol. The van der Waals surface area contributed by atoms with Gasteiger partial charge in [-0.05, 0) is 49.8 Å². The van der Waals surface area contributed by atoms with Gasteiger partial charge in [-0.3, -0.25) is 13.9 Å². The Hall–Kier alpha value is -3.39. The van der Waals surface area contributed by atoms with Crippen LogP contribution in [0.4, 0.5) is 5.69 Å². The number of nitrogens with one attached hydrogen (secondary N) is 1. The van der Waals surface area contributed by atoms with Gasteiger partial charge in [-0.2, -0.15) is 0 Å². The van der Waals surface area contributed by atoms with Crippen molar-refractivity contribution in [3.63, 3.8) is 0 Å². The number of rotatable bonds is 10. The molecule has 0 spiro atoms. The lowest BCUT2D eigenvalue weighted by atomic mass is 10.1. The number of amides is 2. The molecule has 0 saturated heterocycles. The van der Waals surface area contributed by atoms with Crippen LogP contribution in [0.2, 0.25) is 0 Å². The van der Waals surface area contributed by atoms with Crippen molar-refractivity contribution in [3.05, 3.63) is 77.9 Å². The molecule has 0 unspecified atom stereocenters. The summed E-state index contributed by atoms with van der Waals surface area (Å²) in [7, 11) is -3.80. The first-order chi connectivity index (χ1) is 17.0. The Kier molecular flexibility index (Phi) is 8.74. The van der Waals surface area contributed by atoms with E-state index in [1.807, 2.05) is 75.4 Å². The normalized spacial score (nSPS) is 13.1. The molecule has 1 N–H and O–H groups in total. The van der Waals surface area contributed by atoms with Gasteiger partial charge in [0, 0.05) is 18.0 Å². The van der Waals surface area contributed by atoms with Gasteiger partial charge in [-0.1, -0.05) is 67.6 Å². The molecular formula is C28H35N3O4S. The van der Waals surface area contributed by atoms with Crippen LogP contribution >= 0.6 is 0 Å². The summed E-state index contributed by atoms with van der Waals surface area (Å²) in [5.41, 5.74) is 2.31. The molecule has 7 nitrogen and oxygen atoms in total. The second-order valence-electron chi connectivity index (χ2n) is 9.21. The molecule has 0 heterocycles. The number of sulfonamides is 1. The molecule has 192 valence electrons. The summed E-state index contributed by atoms with van der Waals surface area (Å²) in [6.07, 6.45) is 1.85. The highest BCUT2D eigenvalue weighted by Gasteiger charge is 2.31. The van der Waals surface area contributed by atoms with Crippen LogP contribution in [0.15, 0.2) is 66.7 Å². The average Bonchev–Trinajstić information content (AvgIpc) is 2.85. The highest BCUT2D eigenvalue weighted by Crippen LogP contribution is 2.28. The van der Waals surface area contributed by atoms with Gasteiger partial charge >= 0.3 is 0 Å². The van der Waals surface area contributed by atoms with Crippen LogP contribution in [0.1, 0.15) is 38.3 Å². The second kappa shape index (κ2) is 11.6. The zero-order chi connectivity index (χ0) is 26.5. The summed E-state index contributed by atoms with van der Waals surface area (Å²) in [5, 5.41) is 4.54. The lowest BCUT2D eigenvalue weighted by Crippen LogP contribution is -2.52. The van der Waals surface area contributed by atoms with Gasteiger partial charge in [0.15, 0.2) is 0 Å². The second-order valence-corrected chi connectivity index (χ2v) is 11.1. The first-order valence-electron chi connectivity index (χ1n) is 12.1. The zero-order valence-electron chi connectivity index (χ0n) is 21.6. The summed E-state index contributed by atoms with van der Waals surface area (Å²) >= 11 is 0. The van der Waals surface area contributed by atoms with E-state index in [0.29, 0.717) is 5.69 Å². The predicted molar refractivity (Wildman–Crippen MR) is 145 cm³/mol. The fourth-order valence-electron chi connectivity index (χ4n) is 4.04. The van der Waals surface area contributed by atoms with E-state index in [1.165, 1.54) is 4.90 Å². The van der Waals surface area contributed by atoms with E-state index in [9.17, 15) is 18.0 Å². The average molecular weight is 510 g/mol. The van der Waals surface area contributed by atoms with E-state index in [2.05, 4.69) is 5.32 Å². The van der Waals surface area contributed by atoms with Gasteiger partial charge in [0.25, 0.3) is 0 Å². The van der Waals surface area contributed by atoms with Crippen molar-refractivity contribution in [1.29, 1.82) is 0 Å². The number of benzene rings is 3. The molecule has 2 amide bonds. The third-order valence-electron chi connectivity index (χ3n) is 6.48. The Morgan fingerprint density at radius 3 is 2.25 bits per heavy atom. The topological polar surface area (TPSA) is 86.8 Å². The largest absolute Gasteiger partial charge is 0.352 e. The molecule has 0 bridgehead atoms. The molecule has 0 aliphatic rings. The van der Waals surface area contributed by atoms with E-state index < -0.39 is 28.5 Å². The third kappa shape index (κ3) is 6.43. The molecule has 0 aliphatic carbocycles. The van der Waals surface area contributed by atoms with Crippen LogP contribution in [0.3, 0.4) is 0 Å². The molecule has 0 aliphatic heterocycles. The van der Waals surface area contributed by atoms with Gasteiger partial charge in [-0.15, -0.1) is 0 Å². The Morgan fingerprint density at radius 2 is 1.58 bits per heavy atom. The molecule has 3 aromatic rings. The molecule has 3 rings (SSSR count). The van der Waals surface area contributed by atoms with Crippen molar-refractivity contribution < 1.29 is 18.0 Å². The number of anilines is 1. The van der Waals surface area contributed by atoms with Crippen molar-refractivity contribution in [2.24, 2.45) is 0 Å². The van der Waals surface area contributed by atoms with Gasteiger partial charge in [0.1, 0.15) is 12.6 Å². The van der Waals surface area contributed by atoms with Crippen LogP contribution < -0.4 is 9.62 Å². The molecule has 2 atom stereocenters. The van der Waals surface area contributed by atoms with Gasteiger partial charge in [0.05, 0.1) is 11.9 Å². The van der Waals surface area contributed by atoms with E-state index in [-0.39, 0.29) is 18.5 Å². The van der Waals surface area contributed by atoms with Crippen LogP contribution in [-0.2, 0) is 26.2 Å². The van der Waals surface area contributed by atoms with E-state index >= 15 is 0 Å². The van der Waals surface area contributed by atoms with Crippen LogP contribution in [0, 0.1) is 6.92 Å². The van der Waals surface area contributed by atoms with E-state index in [1.54, 1.807) is 19.1 Å². The molecule has 8 heteroatoms. The Labute approximate surface area is 214 Å². The standard InChI is InChI=1S/C28H35N3O4S/c1-6-21(3)29-28(33)22(4)30(18-24-14-8-7-12-20(24)2)27(32)19-31(36(5,34)35)26-17-11-15-23-13-9-10-16-25(23)26/h7-17,21-22H,6,18-19H2,1-5H3,(H,29,33)/t21-,22+/m1/s1. The fraction of sp³-hybridized carbons (Fsp3) is 0.357. The minimum absolute atomic E-state index is 0.0430. The number of aryl methyl sites for hydroxylation is 1. The maximum absolute atomic E-state index is 13.8. The molecule has 0 aromatic heterocycles. The molecular weight excluding hydrogens is 474 g/mol. The van der Waals surface area contributed by atoms with E-state index in [0.717, 1.165) is 38.9 Å². The summed E-state index contributed by atoms with van der Waals surface area (Å²) in [4.78, 5) is 28.3. The number of carbonyl (C=O) groups is 2. The molecule has 0 fully saturated rings. The van der Waals surface area contributed by atoms with Crippen LogP contribution in [0.25, 0.3) is 10.8 Å². The van der Waals surface area contributed by atoms with Crippen molar-refractivity contribution >= 4 is 38.3 Å². The van der Waals surface area contributed by atoms with Crippen molar-refractivity contribution in [2.45, 2.75) is 52.7 Å². The Bertz CT molecular complexity index is 1330. The van der Waals surface area contributed by atoms with Crippen molar-refractivity contribution in [1.82, 2.24) is 10.2 Å². The first kappa shape index (κ1) is 27.2. The van der Waals surface area contributed by atoms with Crippen LogP contribution in [0.5, 0.6) is 0 Å². The zero-order valence-corrected chi connectivity index (χ0v) is 22.4. The SMILES string of the molecule is CC[C@@H](C)NC(=O)[C@H](C)N(Cc1ccccc1C)C(=O)CN(c1cccc2ccccc12)S(C)(=O)=O. The van der Waals surface area contributed by atoms with Crippen molar-refractivity contribution in [3.8, 4) is 0 Å². The maximum atomic E-state index is 13.8. The smallest absolute Gasteiger partial charge is 0.244 e. The number of hydrogen-bond acceptors (Lipinski definition) is 4. The summed E-state index contributed by atoms with van der Waals surface area (Å²) in [6, 6.07) is 19.6. The highest BCUT2D eigenvalue weighted by molar-refractivity contribution is 7.92. The van der Waals surface area contributed by atoms with Gasteiger partial charge in [0.2, 0.25) is 21.8 Å².